The molecule has 4 heterocycles. The molecule has 0 aliphatic carbocycles. The molecule has 0 saturated carbocycles. The molecular formula is C40H39Cl2N5O5. The maximum Gasteiger partial charge on any atom is 0.354 e. The molecule has 0 spiro atoms. The lowest BCUT2D eigenvalue weighted by atomic mass is 9.98. The van der Waals surface area contributed by atoms with E-state index >= 15 is 4.79 Å². The Morgan fingerprint density at radius 3 is 2.40 bits per heavy atom. The average molecular weight is 741 g/mol. The van der Waals surface area contributed by atoms with Gasteiger partial charge in [-0.05, 0) is 94.5 Å². The predicted molar refractivity (Wildman–Crippen MR) is 205 cm³/mol. The number of carboxylic acid groups (broad SMARTS) is 1. The van der Waals surface area contributed by atoms with Crippen molar-refractivity contribution in [3.8, 4) is 22.6 Å². The van der Waals surface area contributed by atoms with E-state index in [-0.39, 0.29) is 17.6 Å². The predicted octanol–water partition coefficient (Wildman–Crippen LogP) is 9.07. The van der Waals surface area contributed by atoms with E-state index in [1.165, 1.54) is 13.2 Å². The Morgan fingerprint density at radius 2 is 1.75 bits per heavy atom. The van der Waals surface area contributed by atoms with Crippen LogP contribution >= 0.6 is 23.2 Å². The Morgan fingerprint density at radius 1 is 1.02 bits per heavy atom. The summed E-state index contributed by atoms with van der Waals surface area (Å²) in [6.07, 6.45) is 1.18. The van der Waals surface area contributed by atoms with Crippen LogP contribution in [-0.4, -0.2) is 56.6 Å². The van der Waals surface area contributed by atoms with Gasteiger partial charge in [0.2, 0.25) is 0 Å². The molecule has 12 heteroatoms. The minimum Gasteiger partial charge on any atom is -0.496 e. The van der Waals surface area contributed by atoms with Crippen LogP contribution in [0.25, 0.3) is 32.9 Å². The lowest BCUT2D eigenvalue weighted by Crippen LogP contribution is -2.43. The van der Waals surface area contributed by atoms with Gasteiger partial charge in [-0.2, -0.15) is 5.10 Å². The van der Waals surface area contributed by atoms with E-state index < -0.39 is 5.97 Å². The Balaban J connectivity index is 1.39. The van der Waals surface area contributed by atoms with Crippen molar-refractivity contribution in [3.63, 3.8) is 0 Å². The zero-order valence-corrected chi connectivity index (χ0v) is 31.6. The standard InChI is InChI=1S/C40H39Cl2N5O5/c1-20-16-25(17-21(2)35(20)42)52-15-9-11-26-27-13-14-29(41)34(33-23(4)44-45(6)24(33)5)37(27)47-22(3)19-46(39(48)38(26)47)31-12-8-10-28-32(51-7)18-30(40(49)50)43-36(28)31/h8,10,12-14,16-18,22H,9,11,15,19H2,1-7H3,(H,49,50). The van der Waals surface area contributed by atoms with Crippen LogP contribution in [0.15, 0.2) is 48.5 Å². The first-order valence-corrected chi connectivity index (χ1v) is 17.9. The number of hydrogen-bond acceptors (Lipinski definition) is 6. The van der Waals surface area contributed by atoms with Crippen molar-refractivity contribution in [3.05, 3.63) is 98.0 Å². The average Bonchev–Trinajstić information content (AvgIpc) is 3.58. The quantitative estimate of drug-likeness (QED) is 0.147. The molecule has 1 unspecified atom stereocenters. The van der Waals surface area contributed by atoms with Gasteiger partial charge in [0.25, 0.3) is 5.91 Å². The van der Waals surface area contributed by atoms with Gasteiger partial charge in [0.1, 0.15) is 17.2 Å². The van der Waals surface area contributed by atoms with Crippen LogP contribution in [0.5, 0.6) is 11.5 Å². The third kappa shape index (κ3) is 5.74. The zero-order chi connectivity index (χ0) is 37.2. The van der Waals surface area contributed by atoms with Gasteiger partial charge >= 0.3 is 5.97 Å². The van der Waals surface area contributed by atoms with Crippen molar-refractivity contribution in [1.29, 1.82) is 0 Å². The van der Waals surface area contributed by atoms with E-state index in [2.05, 4.69) is 16.5 Å². The van der Waals surface area contributed by atoms with E-state index in [9.17, 15) is 9.90 Å². The van der Waals surface area contributed by atoms with E-state index in [0.29, 0.717) is 59.0 Å². The number of rotatable bonds is 9. The van der Waals surface area contributed by atoms with Gasteiger partial charge < -0.3 is 24.0 Å². The fourth-order valence-electron chi connectivity index (χ4n) is 7.64. The van der Waals surface area contributed by atoms with Crippen molar-refractivity contribution in [2.45, 2.75) is 53.5 Å². The van der Waals surface area contributed by atoms with Crippen molar-refractivity contribution in [2.75, 3.05) is 25.2 Å². The van der Waals surface area contributed by atoms with Gasteiger partial charge in [0.05, 0.1) is 41.2 Å². The summed E-state index contributed by atoms with van der Waals surface area (Å²) in [5, 5.41) is 17.4. The third-order valence-corrected chi connectivity index (χ3v) is 11.0. The van der Waals surface area contributed by atoms with Crippen LogP contribution in [0.1, 0.15) is 68.4 Å². The second-order valence-corrected chi connectivity index (χ2v) is 14.2. The fraction of sp³-hybridized carbons (Fsp3) is 0.300. The molecule has 10 nitrogen and oxygen atoms in total. The number of aromatic carboxylic acids is 1. The van der Waals surface area contributed by atoms with Gasteiger partial charge in [-0.1, -0.05) is 35.3 Å². The van der Waals surface area contributed by atoms with Crippen LogP contribution in [0.4, 0.5) is 5.69 Å². The first-order valence-electron chi connectivity index (χ1n) is 17.1. The molecule has 1 aliphatic heterocycles. The van der Waals surface area contributed by atoms with Crippen molar-refractivity contribution in [1.82, 2.24) is 19.3 Å². The largest absolute Gasteiger partial charge is 0.496 e. The molecule has 6 aromatic rings. The number of para-hydroxylation sites is 1. The van der Waals surface area contributed by atoms with E-state index in [4.69, 9.17) is 37.8 Å². The summed E-state index contributed by atoms with van der Waals surface area (Å²) in [5.74, 6) is -0.295. The zero-order valence-electron chi connectivity index (χ0n) is 30.1. The Labute approximate surface area is 311 Å². The minimum atomic E-state index is -1.19. The number of ether oxygens (including phenoxy) is 2. The lowest BCUT2D eigenvalue weighted by molar-refractivity contribution is 0.0690. The van der Waals surface area contributed by atoms with Gasteiger partial charge in [-0.3, -0.25) is 9.48 Å². The first kappa shape index (κ1) is 35.3. The molecule has 1 aliphatic rings. The molecule has 7 rings (SSSR count). The SMILES string of the molecule is COc1cc(C(=O)O)nc2c(N3CC(C)n4c(c(CCCOc5cc(C)c(Cl)c(C)c5)c5ccc(Cl)c(-c6c(C)nn(C)c6C)c54)C3=O)cccc12. The maximum atomic E-state index is 15.0. The van der Waals surface area contributed by atoms with Gasteiger partial charge in [0.15, 0.2) is 5.69 Å². The molecule has 268 valence electrons. The van der Waals surface area contributed by atoms with Crippen LogP contribution in [0.2, 0.25) is 10.0 Å². The summed E-state index contributed by atoms with van der Waals surface area (Å²) in [5.41, 5.74) is 8.52. The number of aromatic nitrogens is 4. The molecule has 0 fully saturated rings. The number of aryl methyl sites for hydroxylation is 5. The Kier molecular flexibility index (Phi) is 9.17. The number of amides is 1. The van der Waals surface area contributed by atoms with Crippen LogP contribution in [0.3, 0.4) is 0 Å². The monoisotopic (exact) mass is 739 g/mol. The van der Waals surface area contributed by atoms with E-state index in [0.717, 1.165) is 60.9 Å². The highest BCUT2D eigenvalue weighted by Gasteiger charge is 2.37. The number of methoxy groups -OCH3 is 1. The minimum absolute atomic E-state index is 0.170. The van der Waals surface area contributed by atoms with Gasteiger partial charge in [0, 0.05) is 58.3 Å². The molecule has 1 amide bonds. The molecule has 3 aromatic carbocycles. The second-order valence-electron chi connectivity index (χ2n) is 13.5. The number of anilines is 1. The van der Waals surface area contributed by atoms with Gasteiger partial charge in [-0.25, -0.2) is 9.78 Å². The lowest BCUT2D eigenvalue weighted by Gasteiger charge is -2.34. The number of halogens is 2. The molecule has 1 N–H and O–H groups in total. The van der Waals surface area contributed by atoms with Crippen LogP contribution in [0, 0.1) is 27.7 Å². The summed E-state index contributed by atoms with van der Waals surface area (Å²) < 4.78 is 15.7. The number of carbonyl (C=O) groups excluding carboxylic acids is 1. The number of fused-ring (bicyclic) bond motifs is 4. The highest BCUT2D eigenvalue weighted by Crippen LogP contribution is 2.46. The molecule has 3 aromatic heterocycles. The first-order chi connectivity index (χ1) is 24.8. The van der Waals surface area contributed by atoms with Crippen LogP contribution < -0.4 is 14.4 Å². The van der Waals surface area contributed by atoms with E-state index in [1.807, 2.05) is 75.8 Å². The number of carboxylic acids is 1. The summed E-state index contributed by atoms with van der Waals surface area (Å²) in [6.45, 7) is 10.7. The molecule has 0 bridgehead atoms. The molecule has 0 radical (unpaired) electrons. The van der Waals surface area contributed by atoms with Crippen molar-refractivity contribution >= 4 is 62.6 Å². The highest BCUT2D eigenvalue weighted by atomic mass is 35.5. The third-order valence-electron chi connectivity index (χ3n) is 10.1. The number of nitrogens with zero attached hydrogens (tertiary/aromatic N) is 5. The van der Waals surface area contributed by atoms with E-state index in [1.54, 1.807) is 11.0 Å². The normalized spacial score (nSPS) is 14.4. The Bertz CT molecular complexity index is 2430. The van der Waals surface area contributed by atoms with Crippen molar-refractivity contribution < 1.29 is 24.2 Å². The molecule has 0 saturated heterocycles. The van der Waals surface area contributed by atoms with Gasteiger partial charge in [-0.15, -0.1) is 0 Å². The summed E-state index contributed by atoms with van der Waals surface area (Å²) in [6, 6.07) is 14.4. The number of carbonyl (C=O) groups is 2. The Hall–Kier alpha value is -5.06. The number of benzene rings is 3. The highest BCUT2D eigenvalue weighted by molar-refractivity contribution is 6.35. The number of pyridine rings is 1. The molecule has 1 atom stereocenters. The topological polar surface area (TPSA) is 112 Å². The smallest absolute Gasteiger partial charge is 0.354 e. The fourth-order valence-corrected chi connectivity index (χ4v) is 7.99. The summed E-state index contributed by atoms with van der Waals surface area (Å²) in [7, 11) is 3.40. The summed E-state index contributed by atoms with van der Waals surface area (Å²) in [4.78, 5) is 33.3. The maximum absolute atomic E-state index is 15.0. The number of hydrogen-bond donors (Lipinski definition) is 1. The summed E-state index contributed by atoms with van der Waals surface area (Å²) >= 11 is 13.5. The molecular weight excluding hydrogens is 701 g/mol. The van der Waals surface area contributed by atoms with Crippen LogP contribution in [-0.2, 0) is 13.5 Å². The van der Waals surface area contributed by atoms with Crippen molar-refractivity contribution in [2.24, 2.45) is 7.05 Å². The second kappa shape index (κ2) is 13.5. The molecule has 52 heavy (non-hydrogen) atoms.